The molecule has 0 amide bonds. The fourth-order valence-corrected chi connectivity index (χ4v) is 4.92. The Kier molecular flexibility index (Phi) is 6.35. The summed E-state index contributed by atoms with van der Waals surface area (Å²) in [5, 5.41) is 19.3. The predicted molar refractivity (Wildman–Crippen MR) is 141 cm³/mol. The Hall–Kier alpha value is -4.14. The molecular weight excluding hydrogens is 490 g/mol. The van der Waals surface area contributed by atoms with E-state index in [0.29, 0.717) is 42.4 Å². The molecule has 0 bridgehead atoms. The maximum atomic E-state index is 14.1. The van der Waals surface area contributed by atoms with Crippen LogP contribution < -0.4 is 9.64 Å². The SMILES string of the molecule is Oc1ccc(-c2ccc3c(c2)N(CCN2CCOCC2)c2cc(-c4ccc(O)c(F)c4)ccc2O3)cc1F. The van der Waals surface area contributed by atoms with Crippen LogP contribution in [0.25, 0.3) is 22.3 Å². The first-order valence-electron chi connectivity index (χ1n) is 12.5. The number of nitrogens with zero attached hydrogens (tertiary/aromatic N) is 2. The molecule has 6 rings (SSSR count). The van der Waals surface area contributed by atoms with E-state index in [1.165, 1.54) is 24.3 Å². The molecule has 0 radical (unpaired) electrons. The van der Waals surface area contributed by atoms with E-state index < -0.39 is 23.1 Å². The highest BCUT2D eigenvalue weighted by molar-refractivity contribution is 5.84. The van der Waals surface area contributed by atoms with Gasteiger partial charge in [-0.3, -0.25) is 4.90 Å². The third-order valence-corrected chi connectivity index (χ3v) is 7.02. The number of morpholine rings is 1. The average molecular weight is 517 g/mol. The van der Waals surface area contributed by atoms with Gasteiger partial charge < -0.3 is 24.6 Å². The molecule has 0 aliphatic carbocycles. The lowest BCUT2D eigenvalue weighted by molar-refractivity contribution is 0.0394. The maximum Gasteiger partial charge on any atom is 0.165 e. The standard InChI is InChI=1S/C30H26F2N2O4/c31-23-15-19(1-5-27(23)35)21-3-7-29-25(17-21)34(10-9-33-11-13-37-14-12-33)26-18-22(4-8-30(26)38-29)20-2-6-28(36)24(32)16-20/h1-8,15-18,35-36H,9-14H2. The second kappa shape index (κ2) is 9.96. The van der Waals surface area contributed by atoms with E-state index in [0.717, 1.165) is 42.1 Å². The molecule has 1 fully saturated rings. The highest BCUT2D eigenvalue weighted by Gasteiger charge is 2.26. The Morgan fingerprint density at radius 3 is 1.61 bits per heavy atom. The van der Waals surface area contributed by atoms with Crippen LogP contribution in [0.3, 0.4) is 0 Å². The molecule has 0 aromatic heterocycles. The molecule has 0 atom stereocenters. The molecule has 194 valence electrons. The molecule has 2 N–H and O–H groups in total. The van der Waals surface area contributed by atoms with Gasteiger partial charge in [-0.2, -0.15) is 0 Å². The number of hydrogen-bond donors (Lipinski definition) is 2. The van der Waals surface area contributed by atoms with Crippen molar-refractivity contribution >= 4 is 11.4 Å². The Bertz CT molecular complexity index is 1400. The zero-order chi connectivity index (χ0) is 26.2. The van der Waals surface area contributed by atoms with E-state index in [1.807, 2.05) is 36.4 Å². The molecule has 4 aromatic carbocycles. The lowest BCUT2D eigenvalue weighted by Crippen LogP contribution is -2.41. The van der Waals surface area contributed by atoms with E-state index in [2.05, 4.69) is 9.80 Å². The second-order valence-corrected chi connectivity index (χ2v) is 9.41. The summed E-state index contributed by atoms with van der Waals surface area (Å²) >= 11 is 0. The monoisotopic (exact) mass is 516 g/mol. The minimum atomic E-state index is -0.684. The third kappa shape index (κ3) is 4.64. The van der Waals surface area contributed by atoms with Gasteiger partial charge in [-0.05, 0) is 70.8 Å². The summed E-state index contributed by atoms with van der Waals surface area (Å²) < 4.78 is 40.0. The van der Waals surface area contributed by atoms with Gasteiger partial charge in [0.2, 0.25) is 0 Å². The fourth-order valence-electron chi connectivity index (χ4n) is 4.92. The van der Waals surface area contributed by atoms with E-state index in [-0.39, 0.29) is 0 Å². The van der Waals surface area contributed by atoms with Crippen LogP contribution >= 0.6 is 0 Å². The Labute approximate surface area is 218 Å². The molecule has 0 saturated carbocycles. The lowest BCUT2D eigenvalue weighted by atomic mass is 10.0. The first-order chi connectivity index (χ1) is 18.5. The summed E-state index contributed by atoms with van der Waals surface area (Å²) in [6, 6.07) is 20.0. The van der Waals surface area contributed by atoms with Crippen molar-refractivity contribution in [2.45, 2.75) is 0 Å². The van der Waals surface area contributed by atoms with E-state index in [4.69, 9.17) is 9.47 Å². The Morgan fingerprint density at radius 1 is 0.632 bits per heavy atom. The number of benzene rings is 4. The highest BCUT2D eigenvalue weighted by atomic mass is 19.1. The van der Waals surface area contributed by atoms with Crippen molar-refractivity contribution in [3.8, 4) is 45.3 Å². The summed E-state index contributed by atoms with van der Waals surface area (Å²) in [6.07, 6.45) is 0. The minimum absolute atomic E-state index is 0.394. The number of anilines is 2. The van der Waals surface area contributed by atoms with Crippen molar-refractivity contribution in [1.29, 1.82) is 0 Å². The van der Waals surface area contributed by atoms with Crippen molar-refractivity contribution < 1.29 is 28.5 Å². The van der Waals surface area contributed by atoms with Crippen LogP contribution in [0.4, 0.5) is 20.2 Å². The summed E-state index contributed by atoms with van der Waals surface area (Å²) in [4.78, 5) is 4.51. The zero-order valence-electron chi connectivity index (χ0n) is 20.5. The van der Waals surface area contributed by atoms with Gasteiger partial charge in [0.15, 0.2) is 34.6 Å². The molecule has 6 nitrogen and oxygen atoms in total. The van der Waals surface area contributed by atoms with E-state index in [9.17, 15) is 19.0 Å². The van der Waals surface area contributed by atoms with Crippen molar-refractivity contribution in [2.75, 3.05) is 44.3 Å². The molecule has 0 spiro atoms. The molecule has 2 aliphatic heterocycles. The van der Waals surface area contributed by atoms with Gasteiger partial charge in [-0.25, -0.2) is 8.78 Å². The van der Waals surface area contributed by atoms with Crippen LogP contribution in [0.15, 0.2) is 72.8 Å². The Balaban J connectivity index is 1.41. The van der Waals surface area contributed by atoms with Crippen LogP contribution in [0.2, 0.25) is 0 Å². The largest absolute Gasteiger partial charge is 0.505 e. The van der Waals surface area contributed by atoms with E-state index >= 15 is 0 Å². The lowest BCUT2D eigenvalue weighted by Gasteiger charge is -2.36. The molecule has 1 saturated heterocycles. The van der Waals surface area contributed by atoms with Crippen molar-refractivity contribution in [3.05, 3.63) is 84.4 Å². The number of aromatic hydroxyl groups is 2. The van der Waals surface area contributed by atoms with Crippen LogP contribution in [-0.4, -0.2) is 54.5 Å². The van der Waals surface area contributed by atoms with Crippen LogP contribution in [0.5, 0.6) is 23.0 Å². The normalized spacial score (nSPS) is 15.1. The van der Waals surface area contributed by atoms with E-state index in [1.54, 1.807) is 12.1 Å². The number of phenols is 2. The van der Waals surface area contributed by atoms with Crippen LogP contribution in [-0.2, 0) is 4.74 Å². The molecule has 0 unspecified atom stereocenters. The third-order valence-electron chi connectivity index (χ3n) is 7.02. The smallest absolute Gasteiger partial charge is 0.165 e. The molecule has 2 aliphatic rings. The van der Waals surface area contributed by atoms with Gasteiger partial charge in [0.25, 0.3) is 0 Å². The van der Waals surface area contributed by atoms with Gasteiger partial charge in [0.1, 0.15) is 0 Å². The summed E-state index contributed by atoms with van der Waals surface area (Å²) in [5.74, 6) is -0.811. The quantitative estimate of drug-likeness (QED) is 0.325. The number of hydrogen-bond acceptors (Lipinski definition) is 6. The topological polar surface area (TPSA) is 65.4 Å². The van der Waals surface area contributed by atoms with Crippen molar-refractivity contribution in [1.82, 2.24) is 4.90 Å². The predicted octanol–water partition coefficient (Wildman–Crippen LogP) is 6.29. The van der Waals surface area contributed by atoms with Crippen molar-refractivity contribution in [3.63, 3.8) is 0 Å². The number of rotatable bonds is 5. The molecular formula is C30H26F2N2O4. The Morgan fingerprint density at radius 2 is 1.11 bits per heavy atom. The van der Waals surface area contributed by atoms with Gasteiger partial charge in [-0.1, -0.05) is 24.3 Å². The maximum absolute atomic E-state index is 14.1. The number of halogens is 2. The summed E-state index contributed by atoms with van der Waals surface area (Å²) in [5.41, 5.74) is 4.48. The van der Waals surface area contributed by atoms with Crippen molar-refractivity contribution in [2.24, 2.45) is 0 Å². The number of fused-ring (bicyclic) bond motifs is 2. The van der Waals surface area contributed by atoms with Crippen LogP contribution in [0.1, 0.15) is 0 Å². The second-order valence-electron chi connectivity index (χ2n) is 9.41. The fraction of sp³-hybridized carbons (Fsp3) is 0.200. The first-order valence-corrected chi connectivity index (χ1v) is 12.5. The number of phenolic OH excluding ortho intramolecular Hbond substituents is 2. The van der Waals surface area contributed by atoms with Gasteiger partial charge >= 0.3 is 0 Å². The molecule has 8 heteroatoms. The zero-order valence-corrected chi connectivity index (χ0v) is 20.5. The molecule has 38 heavy (non-hydrogen) atoms. The first kappa shape index (κ1) is 24.2. The average Bonchev–Trinajstić information content (AvgIpc) is 2.94. The van der Waals surface area contributed by atoms with Gasteiger partial charge in [0.05, 0.1) is 24.6 Å². The number of ether oxygens (including phenoxy) is 2. The molecule has 2 heterocycles. The summed E-state index contributed by atoms with van der Waals surface area (Å²) in [7, 11) is 0. The highest BCUT2D eigenvalue weighted by Crippen LogP contribution is 2.49. The summed E-state index contributed by atoms with van der Waals surface area (Å²) in [6.45, 7) is 4.54. The minimum Gasteiger partial charge on any atom is -0.505 e. The molecule has 4 aromatic rings. The van der Waals surface area contributed by atoms with Gasteiger partial charge in [-0.15, -0.1) is 0 Å². The van der Waals surface area contributed by atoms with Gasteiger partial charge in [0, 0.05) is 26.2 Å². The van der Waals surface area contributed by atoms with Crippen LogP contribution in [0, 0.1) is 11.6 Å².